The third-order valence-corrected chi connectivity index (χ3v) is 25.0. The monoisotopic (exact) mass is 1900 g/mol. The molecule has 0 spiro atoms. The van der Waals surface area contributed by atoms with Crippen LogP contribution in [0.4, 0.5) is 0 Å². The molecule has 1 fully saturated rings. The van der Waals surface area contributed by atoms with Gasteiger partial charge in [-0.2, -0.15) is 0 Å². The predicted molar refractivity (Wildman–Crippen MR) is 492 cm³/mol. The van der Waals surface area contributed by atoms with Crippen LogP contribution < -0.4 is 0 Å². The molecule has 1 saturated heterocycles. The SMILES string of the molecule is CCCCCCCCCCCCCCC(CO[C@H](O)/C(O)=C(/O)[C@H](O)CCO)(CO[C@H](O)/C(O)=C(/O)[C@H](O)CCO)Cc1cc(C[C@](CCC)(CO[C@@H]2OC(CO)[C@@H](O)C(O)C2O)CO[C@H](O)/C(O)=C(/O)[C@H](O)CCO)cc(C(CCCCCCCCCCC)C(CCCCCCCCCCCCCC)(CO[C@H](O)/C(O)=C(/O)[C@H](O)CCO)CO[C@H](O)/C(O)=C(/O)[C@H](O)CCO)c1. The number of ether oxygens (including phenoxy) is 7. The lowest BCUT2D eigenvalue weighted by molar-refractivity contribution is -0.308. The molecule has 1 aliphatic rings. The molecular weight excluding hydrogens is 1730 g/mol. The zero-order chi connectivity index (χ0) is 98.6. The van der Waals surface area contributed by atoms with Gasteiger partial charge in [-0.15, -0.1) is 0 Å². The molecule has 0 radical (unpaired) electrons. The topological polar surface area (TPSA) is 651 Å². The van der Waals surface area contributed by atoms with E-state index < -0.39 is 284 Å². The first-order chi connectivity index (χ1) is 63.1. The minimum atomic E-state index is -2.50. The van der Waals surface area contributed by atoms with Crippen LogP contribution in [0.1, 0.15) is 326 Å². The fraction of sp³-hybridized carbons (Fsp3) is 0.833. The number of benzene rings is 1. The zero-order valence-electron chi connectivity index (χ0n) is 79.1. The second-order valence-corrected chi connectivity index (χ2v) is 36.3. The minimum Gasteiger partial charge on any atom is -0.506 e. The Bertz CT molecular complexity index is 3200. The molecule has 1 aliphatic heterocycles. The van der Waals surface area contributed by atoms with Gasteiger partial charge in [0.25, 0.3) is 0 Å². The molecule has 774 valence electrons. The van der Waals surface area contributed by atoms with Gasteiger partial charge in [-0.25, -0.2) is 0 Å². The van der Waals surface area contributed by atoms with E-state index in [4.69, 9.17) is 33.2 Å². The van der Waals surface area contributed by atoms with Gasteiger partial charge in [-0.1, -0.05) is 264 Å². The summed E-state index contributed by atoms with van der Waals surface area (Å²) in [4.78, 5) is 0. The van der Waals surface area contributed by atoms with Gasteiger partial charge in [0.1, 0.15) is 54.9 Å². The summed E-state index contributed by atoms with van der Waals surface area (Å²) in [6.07, 6.45) is -5.86. The second kappa shape index (κ2) is 70.5. The quantitative estimate of drug-likeness (QED) is 0.0164. The maximum Gasteiger partial charge on any atom is 0.217 e. The Hall–Kier alpha value is -5.12. The molecule has 0 aliphatic carbocycles. The summed E-state index contributed by atoms with van der Waals surface area (Å²) in [6, 6.07) is 5.14. The highest BCUT2D eigenvalue weighted by Gasteiger charge is 2.48. The Morgan fingerprint density at radius 2 is 0.568 bits per heavy atom. The van der Waals surface area contributed by atoms with Gasteiger partial charge >= 0.3 is 0 Å². The minimum absolute atomic E-state index is 0.0257. The molecule has 36 heteroatoms. The Labute approximate surface area is 781 Å². The van der Waals surface area contributed by atoms with Crippen LogP contribution >= 0.6 is 0 Å². The summed E-state index contributed by atoms with van der Waals surface area (Å²) >= 11 is 0. The van der Waals surface area contributed by atoms with Gasteiger partial charge in [0, 0.05) is 81.4 Å². The van der Waals surface area contributed by atoms with Gasteiger partial charge in [-0.3, -0.25) is 0 Å². The molecular formula is C96H174O36. The van der Waals surface area contributed by atoms with Gasteiger partial charge in [0.2, 0.25) is 31.5 Å². The van der Waals surface area contributed by atoms with Crippen LogP contribution in [0.3, 0.4) is 0 Å². The van der Waals surface area contributed by atoms with Crippen molar-refractivity contribution in [2.24, 2.45) is 16.2 Å². The van der Waals surface area contributed by atoms with Crippen molar-refractivity contribution in [2.45, 2.75) is 415 Å². The lowest BCUT2D eigenvalue weighted by Gasteiger charge is -2.43. The molecule has 4 unspecified atom stereocenters. The summed E-state index contributed by atoms with van der Waals surface area (Å²) < 4.78 is 43.5. The Morgan fingerprint density at radius 3 is 0.856 bits per heavy atom. The molecule has 2 rings (SSSR count). The first-order valence-corrected chi connectivity index (χ1v) is 48.7. The van der Waals surface area contributed by atoms with Crippen molar-refractivity contribution in [1.82, 2.24) is 0 Å². The summed E-state index contributed by atoms with van der Waals surface area (Å²) in [7, 11) is 0. The Morgan fingerprint density at radius 1 is 0.295 bits per heavy atom. The van der Waals surface area contributed by atoms with Crippen LogP contribution in [0.15, 0.2) is 75.8 Å². The summed E-state index contributed by atoms with van der Waals surface area (Å²) in [6.45, 7) is -0.574. The van der Waals surface area contributed by atoms with Crippen molar-refractivity contribution in [3.63, 3.8) is 0 Å². The van der Waals surface area contributed by atoms with Crippen molar-refractivity contribution in [1.29, 1.82) is 0 Å². The van der Waals surface area contributed by atoms with E-state index in [9.17, 15) is 148 Å². The smallest absolute Gasteiger partial charge is 0.217 e. The number of unbranched alkanes of at least 4 members (excludes halogenated alkanes) is 30. The van der Waals surface area contributed by atoms with Gasteiger partial charge in [-0.05, 0) is 61.1 Å². The maximum absolute atomic E-state index is 12.1. The summed E-state index contributed by atoms with van der Waals surface area (Å²) in [5.41, 5.74) is -4.31. The molecule has 1 heterocycles. The largest absolute Gasteiger partial charge is 0.506 e. The van der Waals surface area contributed by atoms with E-state index in [-0.39, 0.29) is 68.9 Å². The van der Waals surface area contributed by atoms with Gasteiger partial charge in [0.15, 0.2) is 63.9 Å². The first kappa shape index (κ1) is 123. The van der Waals surface area contributed by atoms with E-state index in [2.05, 4.69) is 20.8 Å². The third kappa shape index (κ3) is 45.7. The normalized spacial score (nSPS) is 19.9. The van der Waals surface area contributed by atoms with E-state index >= 15 is 0 Å². The third-order valence-electron chi connectivity index (χ3n) is 25.0. The Kier molecular flexibility index (Phi) is 65.7. The molecule has 0 saturated carbocycles. The molecule has 36 nitrogen and oxygen atoms in total. The number of rotatable bonds is 83. The van der Waals surface area contributed by atoms with E-state index in [0.29, 0.717) is 50.5 Å². The highest BCUT2D eigenvalue weighted by atomic mass is 16.7. The first-order valence-electron chi connectivity index (χ1n) is 48.7. The van der Waals surface area contributed by atoms with Crippen LogP contribution in [0.2, 0.25) is 0 Å². The lowest BCUT2D eigenvalue weighted by atomic mass is 9.66. The van der Waals surface area contributed by atoms with Crippen molar-refractivity contribution in [2.75, 3.05) is 79.3 Å². The molecule has 1 aromatic rings. The van der Waals surface area contributed by atoms with Crippen molar-refractivity contribution >= 4 is 0 Å². The van der Waals surface area contributed by atoms with E-state index in [1.165, 1.54) is 0 Å². The van der Waals surface area contributed by atoms with Gasteiger partial charge in [0.05, 0.1) is 46.2 Å². The highest BCUT2D eigenvalue weighted by molar-refractivity contribution is 5.36. The fourth-order valence-electron chi connectivity index (χ4n) is 16.9. The maximum atomic E-state index is 12.1. The molecule has 1 aromatic carbocycles. The van der Waals surface area contributed by atoms with E-state index in [1.807, 2.05) is 0 Å². The fourth-order valence-corrected chi connectivity index (χ4v) is 16.9. The van der Waals surface area contributed by atoms with Crippen molar-refractivity contribution in [3.8, 4) is 0 Å². The molecule has 132 heavy (non-hydrogen) atoms. The van der Waals surface area contributed by atoms with E-state index in [1.54, 1.807) is 25.1 Å². The zero-order valence-corrected chi connectivity index (χ0v) is 79.1. The molecule has 29 N–H and O–H groups in total. The molecule has 0 bridgehead atoms. The molecule has 0 amide bonds. The van der Waals surface area contributed by atoms with Crippen LogP contribution in [0, 0.1) is 16.2 Å². The van der Waals surface area contributed by atoms with Crippen LogP contribution in [-0.2, 0) is 46.0 Å². The number of aliphatic hydroxyl groups is 29. The molecule has 17 atom stereocenters. The molecule has 0 aromatic heterocycles. The number of hydrogen-bond acceptors (Lipinski definition) is 36. The summed E-state index contributed by atoms with van der Waals surface area (Å²) in [5, 5.41) is 320. The van der Waals surface area contributed by atoms with Gasteiger partial charge < -0.3 is 181 Å². The standard InChI is InChI=1S/C96H174O36/c1-5-9-12-15-18-21-23-25-28-31-34-37-46-95(60-127-89(122)83(116)76(109)70(104)41-49-98,61-128-90(123)84(117)77(110)71(105)42-50-99)57-66-53-65(56-94(45-8-4,59-126-88(121)82(115)75(108)69(103)40-48-97)62-131-93-87(120)81(114)80(113)74(58-102)132-93)54-67(55-66)68(39-36-33-30-27-20-17-14-11-7-3)96(63-129-91(124)85(118)78(111)72(106)43-51-100,64-130-92(125)86(119)79(112)73(107)44-52-101)47-38-35-32-29-26-24-22-19-16-13-10-6-2/h53-55,68-74,80-81,87-93,97-125H,5-52,56-64H2,1-4H3/b82-75-,83-76-,84-77-,85-78-,86-79-/t68?,69-,70-,71-,72-,73-,74?,80-,81?,87?,88+,89+,90+,91+,92+,93-,94+/m1/s1. The van der Waals surface area contributed by atoms with E-state index in [0.717, 1.165) is 154 Å². The Balaban J connectivity index is 3.84. The van der Waals surface area contributed by atoms with Crippen LogP contribution in [0.5, 0.6) is 0 Å². The number of hydrogen-bond donors (Lipinski definition) is 29. The second-order valence-electron chi connectivity index (χ2n) is 36.3. The highest BCUT2D eigenvalue weighted by Crippen LogP contribution is 2.48. The average molecular weight is 1900 g/mol. The predicted octanol–water partition coefficient (Wildman–Crippen LogP) is 10.6. The van der Waals surface area contributed by atoms with Crippen molar-refractivity contribution < 1.29 is 181 Å². The average Bonchev–Trinajstić information content (AvgIpc) is 0.759. The summed E-state index contributed by atoms with van der Waals surface area (Å²) in [5.74, 6) is -13.4. The lowest BCUT2D eigenvalue weighted by Crippen LogP contribution is -2.59. The van der Waals surface area contributed by atoms with Crippen LogP contribution in [0.25, 0.3) is 0 Å². The van der Waals surface area contributed by atoms with Crippen molar-refractivity contribution in [3.05, 3.63) is 92.5 Å². The number of aliphatic hydroxyl groups excluding tert-OH is 29. The van der Waals surface area contributed by atoms with Crippen LogP contribution in [-0.4, -0.2) is 320 Å².